The van der Waals surface area contributed by atoms with E-state index in [2.05, 4.69) is 5.32 Å². The summed E-state index contributed by atoms with van der Waals surface area (Å²) >= 11 is 0. The lowest BCUT2D eigenvalue weighted by molar-refractivity contribution is -0.136. The van der Waals surface area contributed by atoms with Gasteiger partial charge in [-0.25, -0.2) is 4.98 Å². The molecule has 3 aromatic carbocycles. The Balaban J connectivity index is 1.37. The molecule has 4 aromatic rings. The number of nitrogens with one attached hydrogen (secondary N) is 1. The van der Waals surface area contributed by atoms with Crippen LogP contribution in [0.1, 0.15) is 31.2 Å². The summed E-state index contributed by atoms with van der Waals surface area (Å²) in [6, 6.07) is 29.5. The smallest absolute Gasteiger partial charge is 0.246 e. The molecule has 0 aliphatic heterocycles. The van der Waals surface area contributed by atoms with E-state index in [0.717, 1.165) is 35.3 Å². The molecule has 6 heteroatoms. The fraction of sp³-hybridized carbons (Fsp3) is 0.207. The first-order chi connectivity index (χ1) is 17.1. The van der Waals surface area contributed by atoms with Crippen LogP contribution in [0.4, 0.5) is 5.95 Å². The number of rotatable bonds is 8. The number of para-hydroxylation sites is 1. The van der Waals surface area contributed by atoms with Crippen LogP contribution < -0.4 is 5.32 Å². The third kappa shape index (κ3) is 5.17. The molecule has 0 spiro atoms. The van der Waals surface area contributed by atoms with E-state index in [1.807, 2.05) is 109 Å². The van der Waals surface area contributed by atoms with Gasteiger partial charge in [0.1, 0.15) is 6.54 Å². The molecule has 2 amide bonds. The predicted octanol–water partition coefficient (Wildman–Crippen LogP) is 5.27. The zero-order valence-corrected chi connectivity index (χ0v) is 19.7. The van der Waals surface area contributed by atoms with Crippen LogP contribution >= 0.6 is 0 Å². The molecule has 1 saturated carbocycles. The van der Waals surface area contributed by atoms with Crippen LogP contribution in [0.5, 0.6) is 0 Å². The Morgan fingerprint density at radius 3 is 2.17 bits per heavy atom. The normalized spacial score (nSPS) is 13.7. The average molecular weight is 465 g/mol. The fourth-order valence-corrected chi connectivity index (χ4v) is 4.23. The number of benzene rings is 3. The number of amides is 2. The van der Waals surface area contributed by atoms with Crippen molar-refractivity contribution in [3.8, 4) is 16.9 Å². The molecule has 1 unspecified atom stereocenters. The zero-order valence-electron chi connectivity index (χ0n) is 19.7. The molecule has 5 rings (SSSR count). The summed E-state index contributed by atoms with van der Waals surface area (Å²) in [5, 5.41) is 2.96. The van der Waals surface area contributed by atoms with Crippen molar-refractivity contribution >= 4 is 17.8 Å². The van der Waals surface area contributed by atoms with Gasteiger partial charge in [0.05, 0.1) is 11.6 Å². The summed E-state index contributed by atoms with van der Waals surface area (Å²) in [7, 11) is 0. The summed E-state index contributed by atoms with van der Waals surface area (Å²) in [4.78, 5) is 32.9. The van der Waals surface area contributed by atoms with Crippen LogP contribution in [-0.4, -0.2) is 38.9 Å². The number of hydrogen-bond acceptors (Lipinski definition) is 3. The van der Waals surface area contributed by atoms with Crippen LogP contribution in [0.15, 0.2) is 97.2 Å². The van der Waals surface area contributed by atoms with Gasteiger partial charge in [-0.2, -0.15) is 0 Å². The van der Waals surface area contributed by atoms with Crippen LogP contribution in [0.25, 0.3) is 16.9 Å². The molecule has 1 heterocycles. The van der Waals surface area contributed by atoms with Crippen LogP contribution in [-0.2, 0) is 9.59 Å². The second-order valence-electron chi connectivity index (χ2n) is 8.90. The van der Waals surface area contributed by atoms with Gasteiger partial charge in [-0.3, -0.25) is 19.5 Å². The van der Waals surface area contributed by atoms with Gasteiger partial charge in [-0.15, -0.1) is 0 Å². The lowest BCUT2D eigenvalue weighted by Gasteiger charge is -2.25. The average Bonchev–Trinajstić information content (AvgIpc) is 3.67. The Morgan fingerprint density at radius 1 is 0.943 bits per heavy atom. The Labute approximate surface area is 205 Å². The molecule has 1 aliphatic rings. The van der Waals surface area contributed by atoms with Crippen LogP contribution in [0.2, 0.25) is 0 Å². The van der Waals surface area contributed by atoms with Crippen molar-refractivity contribution in [3.63, 3.8) is 0 Å². The monoisotopic (exact) mass is 464 g/mol. The topological polar surface area (TPSA) is 67.2 Å². The van der Waals surface area contributed by atoms with Crippen molar-refractivity contribution < 1.29 is 9.59 Å². The molecule has 0 bridgehead atoms. The SMILES string of the molecule is CC(C(=O)N(CC(=O)Nc1nc(-c2ccccc2)cn1-c1ccccc1)C1CC1)c1ccccc1. The lowest BCUT2D eigenvalue weighted by atomic mass is 9.99. The summed E-state index contributed by atoms with van der Waals surface area (Å²) in [6.45, 7) is 1.90. The fourth-order valence-electron chi connectivity index (χ4n) is 4.23. The van der Waals surface area contributed by atoms with Gasteiger partial charge in [-0.1, -0.05) is 78.9 Å². The molecule has 6 nitrogen and oxygen atoms in total. The summed E-state index contributed by atoms with van der Waals surface area (Å²) in [5.74, 6) is -0.155. The molecular formula is C29H28N4O2. The third-order valence-corrected chi connectivity index (χ3v) is 6.32. The number of carbonyl (C=O) groups is 2. The van der Waals surface area contributed by atoms with E-state index in [0.29, 0.717) is 5.95 Å². The quantitative estimate of drug-likeness (QED) is 0.386. The molecule has 1 fully saturated rings. The third-order valence-electron chi connectivity index (χ3n) is 6.32. The number of carbonyl (C=O) groups excluding carboxylic acids is 2. The van der Waals surface area contributed by atoms with E-state index in [-0.39, 0.29) is 30.3 Å². The van der Waals surface area contributed by atoms with Crippen molar-refractivity contribution in [2.45, 2.75) is 31.7 Å². The minimum atomic E-state index is -0.305. The van der Waals surface area contributed by atoms with Crippen molar-refractivity contribution in [2.75, 3.05) is 11.9 Å². The maximum absolute atomic E-state index is 13.3. The lowest BCUT2D eigenvalue weighted by Crippen LogP contribution is -2.41. The number of hydrogen-bond donors (Lipinski definition) is 1. The number of imidazole rings is 1. The highest BCUT2D eigenvalue weighted by Crippen LogP contribution is 2.30. The second-order valence-corrected chi connectivity index (χ2v) is 8.90. The van der Waals surface area contributed by atoms with Gasteiger partial charge in [-0.05, 0) is 37.5 Å². The molecule has 1 N–H and O–H groups in total. The molecule has 0 radical (unpaired) electrons. The highest BCUT2D eigenvalue weighted by molar-refractivity contribution is 5.95. The Hall–Kier alpha value is -4.19. The maximum Gasteiger partial charge on any atom is 0.246 e. The van der Waals surface area contributed by atoms with Gasteiger partial charge in [0.15, 0.2) is 0 Å². The van der Waals surface area contributed by atoms with Crippen molar-refractivity contribution in [1.29, 1.82) is 0 Å². The van der Waals surface area contributed by atoms with Crippen LogP contribution in [0.3, 0.4) is 0 Å². The first kappa shape index (κ1) is 22.6. The molecule has 0 saturated heterocycles. The van der Waals surface area contributed by atoms with E-state index in [1.165, 1.54) is 0 Å². The number of aromatic nitrogens is 2. The minimum Gasteiger partial charge on any atom is -0.330 e. The van der Waals surface area contributed by atoms with Gasteiger partial charge in [0, 0.05) is 23.5 Å². The Kier molecular flexibility index (Phi) is 6.44. The summed E-state index contributed by atoms with van der Waals surface area (Å²) in [6.07, 6.45) is 3.77. The highest BCUT2D eigenvalue weighted by atomic mass is 16.2. The van der Waals surface area contributed by atoms with Crippen LogP contribution in [0, 0.1) is 0 Å². The largest absolute Gasteiger partial charge is 0.330 e. The van der Waals surface area contributed by atoms with Gasteiger partial charge < -0.3 is 4.90 Å². The van der Waals surface area contributed by atoms with E-state index in [1.54, 1.807) is 4.90 Å². The molecule has 1 aliphatic carbocycles. The number of anilines is 1. The zero-order chi connectivity index (χ0) is 24.2. The second kappa shape index (κ2) is 9.97. The van der Waals surface area contributed by atoms with E-state index in [9.17, 15) is 9.59 Å². The maximum atomic E-state index is 13.3. The van der Waals surface area contributed by atoms with E-state index < -0.39 is 0 Å². The van der Waals surface area contributed by atoms with Crippen molar-refractivity contribution in [3.05, 3.63) is 103 Å². The van der Waals surface area contributed by atoms with E-state index >= 15 is 0 Å². The molecule has 1 aromatic heterocycles. The summed E-state index contributed by atoms with van der Waals surface area (Å²) < 4.78 is 1.87. The van der Waals surface area contributed by atoms with Gasteiger partial charge >= 0.3 is 0 Å². The first-order valence-electron chi connectivity index (χ1n) is 12.0. The highest BCUT2D eigenvalue weighted by Gasteiger charge is 2.36. The van der Waals surface area contributed by atoms with E-state index in [4.69, 9.17) is 4.98 Å². The molecular weight excluding hydrogens is 436 g/mol. The van der Waals surface area contributed by atoms with Gasteiger partial charge in [0.2, 0.25) is 17.8 Å². The Bertz CT molecular complexity index is 1300. The number of nitrogens with zero attached hydrogens (tertiary/aromatic N) is 3. The Morgan fingerprint density at radius 2 is 1.54 bits per heavy atom. The molecule has 176 valence electrons. The predicted molar refractivity (Wildman–Crippen MR) is 137 cm³/mol. The van der Waals surface area contributed by atoms with Crippen molar-refractivity contribution in [1.82, 2.24) is 14.5 Å². The summed E-state index contributed by atoms with van der Waals surface area (Å²) in [5.41, 5.74) is 3.57. The standard InChI is InChI=1S/C29H28N4O2/c1-21(22-11-5-2-6-12-22)28(35)32(25-17-18-25)20-27(34)31-29-30-26(23-13-7-3-8-14-23)19-33(29)24-15-9-4-10-16-24/h2-16,19,21,25H,17-18,20H2,1H3,(H,30,31,34). The molecule has 1 atom stereocenters. The first-order valence-corrected chi connectivity index (χ1v) is 12.0. The minimum absolute atomic E-state index is 0.00297. The van der Waals surface area contributed by atoms with Crippen molar-refractivity contribution in [2.24, 2.45) is 0 Å². The van der Waals surface area contributed by atoms with Gasteiger partial charge in [0.25, 0.3) is 0 Å². The molecule has 35 heavy (non-hydrogen) atoms.